The maximum Gasteiger partial charge on any atom is 0.214 e. The molecule has 0 aliphatic carbocycles. The molecule has 4 nitrogen and oxygen atoms in total. The molecular formula is C11H9FN2O2. The molecule has 5 heteroatoms. The van der Waals surface area contributed by atoms with Crippen LogP contribution in [0.1, 0.15) is 16.1 Å². The number of nitrogens with zero attached hydrogens (tertiary/aromatic N) is 1. The van der Waals surface area contributed by atoms with E-state index in [9.17, 15) is 9.18 Å². The smallest absolute Gasteiger partial charge is 0.214 e. The maximum absolute atomic E-state index is 13.1. The first-order chi connectivity index (χ1) is 7.72. The number of hydrogen-bond donors (Lipinski definition) is 1. The summed E-state index contributed by atoms with van der Waals surface area (Å²) >= 11 is 0. The van der Waals surface area contributed by atoms with Crippen molar-refractivity contribution >= 4 is 5.78 Å². The highest BCUT2D eigenvalue weighted by Gasteiger charge is 2.16. The quantitative estimate of drug-likeness (QED) is 0.802. The van der Waals surface area contributed by atoms with E-state index in [0.29, 0.717) is 11.4 Å². The number of carbonyl (C=O) groups excluding carboxylic acids is 1. The van der Waals surface area contributed by atoms with Gasteiger partial charge in [-0.2, -0.15) is 5.10 Å². The number of aromatic nitrogens is 2. The SMILES string of the molecule is COc1ccc(F)cc1C(=O)c1ccn[nH]1. The van der Waals surface area contributed by atoms with Crippen molar-refractivity contribution in [2.45, 2.75) is 0 Å². The Kier molecular flexibility index (Phi) is 2.68. The van der Waals surface area contributed by atoms with Crippen LogP contribution in [0.15, 0.2) is 30.5 Å². The van der Waals surface area contributed by atoms with Crippen molar-refractivity contribution in [2.24, 2.45) is 0 Å². The molecule has 0 bridgehead atoms. The van der Waals surface area contributed by atoms with Crippen molar-refractivity contribution in [3.05, 3.63) is 47.5 Å². The van der Waals surface area contributed by atoms with E-state index in [1.807, 2.05) is 0 Å². The zero-order chi connectivity index (χ0) is 11.5. The molecular weight excluding hydrogens is 211 g/mol. The average molecular weight is 220 g/mol. The van der Waals surface area contributed by atoms with Crippen LogP contribution in [0.5, 0.6) is 5.75 Å². The van der Waals surface area contributed by atoms with Crippen LogP contribution in [0.2, 0.25) is 0 Å². The summed E-state index contributed by atoms with van der Waals surface area (Å²) in [5, 5.41) is 6.19. The zero-order valence-corrected chi connectivity index (χ0v) is 8.53. The summed E-state index contributed by atoms with van der Waals surface area (Å²) in [6.07, 6.45) is 1.46. The molecule has 0 unspecified atom stereocenters. The summed E-state index contributed by atoms with van der Waals surface area (Å²) in [4.78, 5) is 11.9. The van der Waals surface area contributed by atoms with Gasteiger partial charge in [-0.15, -0.1) is 0 Å². The molecule has 2 rings (SSSR count). The highest BCUT2D eigenvalue weighted by atomic mass is 19.1. The number of carbonyl (C=O) groups is 1. The van der Waals surface area contributed by atoms with Gasteiger partial charge in [-0.05, 0) is 24.3 Å². The fourth-order valence-corrected chi connectivity index (χ4v) is 1.39. The first-order valence-electron chi connectivity index (χ1n) is 4.60. The van der Waals surface area contributed by atoms with E-state index < -0.39 is 5.82 Å². The highest BCUT2D eigenvalue weighted by Crippen LogP contribution is 2.21. The van der Waals surface area contributed by atoms with E-state index in [-0.39, 0.29) is 11.3 Å². The monoisotopic (exact) mass is 220 g/mol. The third-order valence-electron chi connectivity index (χ3n) is 2.15. The van der Waals surface area contributed by atoms with Crippen molar-refractivity contribution in [3.8, 4) is 5.75 Å². The minimum atomic E-state index is -0.483. The van der Waals surface area contributed by atoms with Crippen molar-refractivity contribution in [3.63, 3.8) is 0 Å². The molecule has 0 amide bonds. The molecule has 0 atom stereocenters. The lowest BCUT2D eigenvalue weighted by molar-refractivity contribution is 0.103. The predicted octanol–water partition coefficient (Wildman–Crippen LogP) is 1.79. The Bertz CT molecular complexity index is 509. The Balaban J connectivity index is 2.47. The Labute approximate surface area is 91.1 Å². The van der Waals surface area contributed by atoms with Crippen LogP contribution >= 0.6 is 0 Å². The molecule has 0 aliphatic rings. The fourth-order valence-electron chi connectivity index (χ4n) is 1.39. The van der Waals surface area contributed by atoms with Gasteiger partial charge >= 0.3 is 0 Å². The van der Waals surface area contributed by atoms with E-state index >= 15 is 0 Å². The topological polar surface area (TPSA) is 55.0 Å². The molecule has 82 valence electrons. The number of halogens is 1. The third-order valence-corrected chi connectivity index (χ3v) is 2.15. The van der Waals surface area contributed by atoms with Gasteiger partial charge in [0.2, 0.25) is 5.78 Å². The molecule has 2 aromatic rings. The van der Waals surface area contributed by atoms with Crippen molar-refractivity contribution in [2.75, 3.05) is 7.11 Å². The predicted molar refractivity (Wildman–Crippen MR) is 55.0 cm³/mol. The standard InChI is InChI=1S/C11H9FN2O2/c1-16-10-3-2-7(12)6-8(10)11(15)9-4-5-13-14-9/h2-6H,1H3,(H,13,14). The number of H-pyrrole nitrogens is 1. The average Bonchev–Trinajstić information content (AvgIpc) is 2.81. The van der Waals surface area contributed by atoms with Crippen molar-refractivity contribution in [1.29, 1.82) is 0 Å². The number of aromatic amines is 1. The Morgan fingerprint density at radius 1 is 1.44 bits per heavy atom. The van der Waals surface area contributed by atoms with E-state index in [1.54, 1.807) is 0 Å². The number of nitrogens with one attached hydrogen (secondary N) is 1. The number of benzene rings is 1. The van der Waals surface area contributed by atoms with Gasteiger partial charge in [0, 0.05) is 6.20 Å². The normalized spacial score (nSPS) is 10.1. The lowest BCUT2D eigenvalue weighted by atomic mass is 10.1. The van der Waals surface area contributed by atoms with Crippen LogP contribution < -0.4 is 4.74 Å². The van der Waals surface area contributed by atoms with Crippen molar-refractivity contribution < 1.29 is 13.9 Å². The van der Waals surface area contributed by atoms with E-state index in [1.165, 1.54) is 31.5 Å². The molecule has 0 saturated carbocycles. The Morgan fingerprint density at radius 3 is 2.88 bits per heavy atom. The second-order valence-electron chi connectivity index (χ2n) is 3.14. The summed E-state index contributed by atoms with van der Waals surface area (Å²) in [6, 6.07) is 5.32. The molecule has 1 aromatic heterocycles. The number of hydrogen-bond acceptors (Lipinski definition) is 3. The molecule has 0 fully saturated rings. The molecule has 0 aliphatic heterocycles. The van der Waals surface area contributed by atoms with Gasteiger partial charge < -0.3 is 4.74 Å². The Hall–Kier alpha value is -2.17. The van der Waals surface area contributed by atoms with Gasteiger partial charge in [0.05, 0.1) is 12.7 Å². The number of rotatable bonds is 3. The Morgan fingerprint density at radius 2 is 2.25 bits per heavy atom. The number of ether oxygens (including phenoxy) is 1. The number of methoxy groups -OCH3 is 1. The largest absolute Gasteiger partial charge is 0.496 e. The molecule has 1 N–H and O–H groups in total. The number of ketones is 1. The third kappa shape index (κ3) is 1.79. The summed E-state index contributed by atoms with van der Waals surface area (Å²) < 4.78 is 18.0. The first-order valence-corrected chi connectivity index (χ1v) is 4.60. The van der Waals surface area contributed by atoms with Crippen LogP contribution in [-0.4, -0.2) is 23.1 Å². The van der Waals surface area contributed by atoms with Crippen LogP contribution in [0.25, 0.3) is 0 Å². The van der Waals surface area contributed by atoms with Gasteiger partial charge in [0.1, 0.15) is 17.3 Å². The maximum atomic E-state index is 13.1. The molecule has 1 aromatic carbocycles. The van der Waals surface area contributed by atoms with E-state index in [2.05, 4.69) is 10.2 Å². The second-order valence-corrected chi connectivity index (χ2v) is 3.14. The molecule has 0 radical (unpaired) electrons. The van der Waals surface area contributed by atoms with Crippen LogP contribution in [-0.2, 0) is 0 Å². The molecule has 16 heavy (non-hydrogen) atoms. The summed E-state index contributed by atoms with van der Waals surface area (Å²) in [6.45, 7) is 0. The summed E-state index contributed by atoms with van der Waals surface area (Å²) in [5.74, 6) is -0.501. The van der Waals surface area contributed by atoms with Gasteiger partial charge in [-0.3, -0.25) is 9.89 Å². The zero-order valence-electron chi connectivity index (χ0n) is 8.53. The second kappa shape index (κ2) is 4.14. The van der Waals surface area contributed by atoms with Gasteiger partial charge in [0.15, 0.2) is 0 Å². The molecule has 1 heterocycles. The van der Waals surface area contributed by atoms with E-state index in [0.717, 1.165) is 6.07 Å². The highest BCUT2D eigenvalue weighted by molar-refractivity contribution is 6.09. The van der Waals surface area contributed by atoms with Crippen LogP contribution in [0.3, 0.4) is 0 Å². The van der Waals surface area contributed by atoms with Crippen LogP contribution in [0, 0.1) is 5.82 Å². The lowest BCUT2D eigenvalue weighted by Crippen LogP contribution is -2.05. The first kappa shape index (κ1) is 10.4. The van der Waals surface area contributed by atoms with Crippen LogP contribution in [0.4, 0.5) is 4.39 Å². The molecule has 0 spiro atoms. The van der Waals surface area contributed by atoms with E-state index in [4.69, 9.17) is 4.74 Å². The van der Waals surface area contributed by atoms with Gasteiger partial charge in [-0.1, -0.05) is 0 Å². The lowest BCUT2D eigenvalue weighted by Gasteiger charge is -2.06. The molecule has 0 saturated heterocycles. The fraction of sp³-hybridized carbons (Fsp3) is 0.0909. The van der Waals surface area contributed by atoms with Gasteiger partial charge in [-0.25, -0.2) is 4.39 Å². The summed E-state index contributed by atoms with van der Waals surface area (Å²) in [7, 11) is 1.43. The van der Waals surface area contributed by atoms with Gasteiger partial charge in [0.25, 0.3) is 0 Å². The minimum absolute atomic E-state index is 0.173. The minimum Gasteiger partial charge on any atom is -0.496 e. The van der Waals surface area contributed by atoms with Crippen molar-refractivity contribution in [1.82, 2.24) is 10.2 Å². The summed E-state index contributed by atoms with van der Waals surface area (Å²) in [5.41, 5.74) is 0.468.